The van der Waals surface area contributed by atoms with E-state index >= 15 is 0 Å². The van der Waals surface area contributed by atoms with Crippen molar-refractivity contribution in [1.29, 1.82) is 0 Å². The van der Waals surface area contributed by atoms with Crippen LogP contribution < -0.4 is 5.73 Å². The molecule has 0 spiro atoms. The fourth-order valence-electron chi connectivity index (χ4n) is 1.65. The summed E-state index contributed by atoms with van der Waals surface area (Å²) in [7, 11) is 0. The van der Waals surface area contributed by atoms with Crippen LogP contribution in [0.1, 0.15) is 26.4 Å². The van der Waals surface area contributed by atoms with Gasteiger partial charge in [0.1, 0.15) is 11.5 Å². The molecule has 0 bridgehead atoms. The Morgan fingerprint density at radius 3 is 2.78 bits per heavy atom. The number of nitrogens with two attached hydrogens (primary N) is 1. The second kappa shape index (κ2) is 4.40. The molecule has 6 heteroatoms. The van der Waals surface area contributed by atoms with E-state index in [4.69, 9.17) is 5.73 Å². The lowest BCUT2D eigenvalue weighted by molar-refractivity contribution is 0.0999. The Kier molecular flexibility index (Phi) is 2.93. The highest BCUT2D eigenvalue weighted by Gasteiger charge is 2.16. The molecule has 0 atom stereocenters. The van der Waals surface area contributed by atoms with Gasteiger partial charge in [0, 0.05) is 6.20 Å². The molecule has 92 valence electrons. The number of para-hydroxylation sites is 1. The van der Waals surface area contributed by atoms with Crippen LogP contribution in [-0.2, 0) is 0 Å². The zero-order valence-electron chi connectivity index (χ0n) is 9.55. The van der Waals surface area contributed by atoms with Crippen molar-refractivity contribution < 1.29 is 14.0 Å². The molecule has 2 rings (SSSR count). The van der Waals surface area contributed by atoms with Crippen LogP contribution in [-0.4, -0.2) is 22.0 Å². The summed E-state index contributed by atoms with van der Waals surface area (Å²) >= 11 is 0. The van der Waals surface area contributed by atoms with Crippen molar-refractivity contribution in [3.8, 4) is 5.69 Å². The van der Waals surface area contributed by atoms with Gasteiger partial charge in [-0.2, -0.15) is 5.10 Å². The van der Waals surface area contributed by atoms with Crippen molar-refractivity contribution in [3.05, 3.63) is 47.0 Å². The smallest absolute Gasteiger partial charge is 0.251 e. The number of benzene rings is 1. The first-order valence-electron chi connectivity index (χ1n) is 5.14. The van der Waals surface area contributed by atoms with Crippen molar-refractivity contribution >= 4 is 12.2 Å². The topological polar surface area (TPSA) is 78.0 Å². The molecule has 0 saturated heterocycles. The summed E-state index contributed by atoms with van der Waals surface area (Å²) in [5, 5.41) is 3.99. The Labute approximate surface area is 102 Å². The monoisotopic (exact) mass is 247 g/mol. The lowest BCUT2D eigenvalue weighted by Crippen LogP contribution is -2.16. The highest BCUT2D eigenvalue weighted by atomic mass is 19.1. The highest BCUT2D eigenvalue weighted by Crippen LogP contribution is 2.19. The molecule has 2 N–H and O–H groups in total. The predicted octanol–water partition coefficient (Wildman–Crippen LogP) is 1.23. The minimum absolute atomic E-state index is 0.00921. The van der Waals surface area contributed by atoms with Crippen LogP contribution >= 0.6 is 0 Å². The number of hydrogen-bond donors (Lipinski definition) is 1. The first kappa shape index (κ1) is 12.0. The van der Waals surface area contributed by atoms with Crippen molar-refractivity contribution in [3.63, 3.8) is 0 Å². The summed E-state index contributed by atoms with van der Waals surface area (Å²) in [6, 6.07) is 3.98. The average Bonchev–Trinajstić information content (AvgIpc) is 2.69. The lowest BCUT2D eigenvalue weighted by Gasteiger charge is -2.07. The van der Waals surface area contributed by atoms with Crippen LogP contribution in [0.15, 0.2) is 24.4 Å². The molecule has 0 saturated carbocycles. The number of rotatable bonds is 3. The van der Waals surface area contributed by atoms with Crippen LogP contribution in [0.2, 0.25) is 0 Å². The molecule has 18 heavy (non-hydrogen) atoms. The molecular formula is C12H10FN3O2. The molecule has 0 unspecified atom stereocenters. The summed E-state index contributed by atoms with van der Waals surface area (Å²) in [5.41, 5.74) is 5.91. The van der Waals surface area contributed by atoms with Crippen molar-refractivity contribution in [2.24, 2.45) is 5.73 Å². The zero-order valence-corrected chi connectivity index (χ0v) is 9.55. The van der Waals surface area contributed by atoms with Gasteiger partial charge in [0.15, 0.2) is 6.29 Å². The fraction of sp³-hybridized carbons (Fsp3) is 0.0833. The van der Waals surface area contributed by atoms with Gasteiger partial charge in [-0.3, -0.25) is 9.59 Å². The number of hydrogen-bond acceptors (Lipinski definition) is 3. The Bertz CT molecular complexity index is 634. The first-order valence-corrected chi connectivity index (χ1v) is 5.14. The van der Waals surface area contributed by atoms with Crippen molar-refractivity contribution in [1.82, 2.24) is 9.78 Å². The fourth-order valence-corrected chi connectivity index (χ4v) is 1.65. The Morgan fingerprint density at radius 2 is 2.22 bits per heavy atom. The maximum absolute atomic E-state index is 13.8. The van der Waals surface area contributed by atoms with Gasteiger partial charge in [0.05, 0.1) is 16.8 Å². The predicted molar refractivity (Wildman–Crippen MR) is 62.2 cm³/mol. The number of amides is 1. The molecular weight excluding hydrogens is 237 g/mol. The summed E-state index contributed by atoms with van der Waals surface area (Å²) < 4.78 is 14.9. The van der Waals surface area contributed by atoms with Crippen LogP contribution in [0.5, 0.6) is 0 Å². The molecule has 2 aromatic rings. The Balaban J connectivity index is 2.69. The third-order valence-corrected chi connectivity index (χ3v) is 2.55. The van der Waals surface area contributed by atoms with E-state index in [0.29, 0.717) is 17.5 Å². The number of aryl methyl sites for hydroxylation is 1. The third-order valence-electron chi connectivity index (χ3n) is 2.55. The SMILES string of the molecule is Cc1nn(-c2c(F)cccc2C(N)=O)cc1C=O. The average molecular weight is 247 g/mol. The first-order chi connectivity index (χ1) is 8.54. The van der Waals surface area contributed by atoms with Gasteiger partial charge in [-0.05, 0) is 19.1 Å². The molecule has 0 fully saturated rings. The standard InChI is InChI=1S/C12H10FN3O2/c1-7-8(6-17)5-16(15-7)11-9(12(14)18)3-2-4-10(11)13/h2-6H,1H3,(H2,14,18). The van der Waals surface area contributed by atoms with Gasteiger partial charge in [-0.1, -0.05) is 6.07 Å². The van der Waals surface area contributed by atoms with Crippen LogP contribution in [0.3, 0.4) is 0 Å². The largest absolute Gasteiger partial charge is 0.366 e. The number of halogens is 1. The zero-order chi connectivity index (χ0) is 13.3. The number of aromatic nitrogens is 2. The number of primary amides is 1. The summed E-state index contributed by atoms with van der Waals surface area (Å²) in [6.07, 6.45) is 1.97. The minimum atomic E-state index is -0.759. The van der Waals surface area contributed by atoms with Gasteiger partial charge in [-0.25, -0.2) is 9.07 Å². The van der Waals surface area contributed by atoms with Crippen LogP contribution in [0, 0.1) is 12.7 Å². The van der Waals surface area contributed by atoms with E-state index in [1.165, 1.54) is 24.4 Å². The van der Waals surface area contributed by atoms with Crippen LogP contribution in [0.25, 0.3) is 5.69 Å². The Morgan fingerprint density at radius 1 is 1.50 bits per heavy atom. The summed E-state index contributed by atoms with van der Waals surface area (Å²) in [5.74, 6) is -1.39. The van der Waals surface area contributed by atoms with Gasteiger partial charge in [-0.15, -0.1) is 0 Å². The second-order valence-electron chi connectivity index (χ2n) is 3.73. The van der Waals surface area contributed by atoms with E-state index in [0.717, 1.165) is 4.68 Å². The molecule has 5 nitrogen and oxygen atoms in total. The van der Waals surface area contributed by atoms with E-state index in [1.54, 1.807) is 6.92 Å². The van der Waals surface area contributed by atoms with E-state index in [-0.39, 0.29) is 11.3 Å². The summed E-state index contributed by atoms with van der Waals surface area (Å²) in [4.78, 5) is 22.0. The number of nitrogens with zero attached hydrogens (tertiary/aromatic N) is 2. The quantitative estimate of drug-likeness (QED) is 0.828. The third kappa shape index (κ3) is 1.88. The van der Waals surface area contributed by atoms with E-state index in [9.17, 15) is 14.0 Å². The molecule has 0 aliphatic carbocycles. The molecule has 0 aliphatic heterocycles. The van der Waals surface area contributed by atoms with E-state index in [1.807, 2.05) is 0 Å². The van der Waals surface area contributed by atoms with Crippen LogP contribution in [0.4, 0.5) is 4.39 Å². The van der Waals surface area contributed by atoms with Crippen molar-refractivity contribution in [2.45, 2.75) is 6.92 Å². The molecule has 0 radical (unpaired) electrons. The maximum atomic E-state index is 13.8. The van der Waals surface area contributed by atoms with E-state index in [2.05, 4.69) is 5.10 Å². The molecule has 0 aliphatic rings. The van der Waals surface area contributed by atoms with Gasteiger partial charge < -0.3 is 5.73 Å². The molecule has 1 aromatic carbocycles. The molecule has 1 aromatic heterocycles. The van der Waals surface area contributed by atoms with E-state index < -0.39 is 11.7 Å². The summed E-state index contributed by atoms with van der Waals surface area (Å²) in [6.45, 7) is 1.62. The maximum Gasteiger partial charge on any atom is 0.251 e. The second-order valence-corrected chi connectivity index (χ2v) is 3.73. The van der Waals surface area contributed by atoms with Crippen molar-refractivity contribution in [2.75, 3.05) is 0 Å². The Hall–Kier alpha value is -2.50. The number of carbonyl (C=O) groups is 2. The lowest BCUT2D eigenvalue weighted by atomic mass is 10.1. The minimum Gasteiger partial charge on any atom is -0.366 e. The molecule has 1 heterocycles. The number of aldehydes is 1. The highest BCUT2D eigenvalue weighted by molar-refractivity contribution is 5.96. The molecule has 1 amide bonds. The van der Waals surface area contributed by atoms with Gasteiger partial charge in [0.25, 0.3) is 5.91 Å². The normalized spacial score (nSPS) is 10.3. The number of carbonyl (C=O) groups excluding carboxylic acids is 2. The van der Waals surface area contributed by atoms with Gasteiger partial charge in [0.2, 0.25) is 0 Å². The van der Waals surface area contributed by atoms with Gasteiger partial charge >= 0.3 is 0 Å².